The lowest BCUT2D eigenvalue weighted by Gasteiger charge is -2.28. The van der Waals surface area contributed by atoms with Gasteiger partial charge >= 0.3 is 12.1 Å². The number of nitrogens with two attached hydrogens (primary N) is 1. The van der Waals surface area contributed by atoms with Gasteiger partial charge in [0.1, 0.15) is 23.7 Å². The van der Waals surface area contributed by atoms with Gasteiger partial charge in [0.2, 0.25) is 11.8 Å². The molecule has 0 fully saturated rings. The van der Waals surface area contributed by atoms with Crippen molar-refractivity contribution in [3.05, 3.63) is 0 Å². The highest BCUT2D eigenvalue weighted by atomic mass is 16.6. The lowest BCUT2D eigenvalue weighted by Crippen LogP contribution is -2.57. The molecule has 10 nitrogen and oxygen atoms in total. The molecule has 0 aliphatic rings. The summed E-state index contributed by atoms with van der Waals surface area (Å²) < 4.78 is 5.23. The van der Waals surface area contributed by atoms with E-state index < -0.39 is 47.6 Å². The number of hydrogen-bond donors (Lipinski definition) is 5. The zero-order valence-electron chi connectivity index (χ0n) is 20.5. The van der Waals surface area contributed by atoms with E-state index in [1.54, 1.807) is 34.6 Å². The molecule has 0 spiro atoms. The number of carbonyl (C=O) groups is 4. The average molecular weight is 459 g/mol. The lowest BCUT2D eigenvalue weighted by atomic mass is 9.99. The first kappa shape index (κ1) is 29.6. The molecule has 0 heterocycles. The predicted molar refractivity (Wildman–Crippen MR) is 122 cm³/mol. The average Bonchev–Trinajstić information content (AvgIpc) is 2.62. The number of carboxylic acid groups (broad SMARTS) is 1. The Morgan fingerprint density at radius 3 is 1.91 bits per heavy atom. The van der Waals surface area contributed by atoms with Crippen molar-refractivity contribution in [2.75, 3.05) is 6.54 Å². The smallest absolute Gasteiger partial charge is 0.408 e. The highest BCUT2D eigenvalue weighted by molar-refractivity contribution is 5.93. The fourth-order valence-corrected chi connectivity index (χ4v) is 2.96. The molecule has 0 saturated carbocycles. The molecular weight excluding hydrogens is 416 g/mol. The topological polar surface area (TPSA) is 160 Å². The summed E-state index contributed by atoms with van der Waals surface area (Å²) in [7, 11) is 0. The number of rotatable bonds is 13. The second kappa shape index (κ2) is 13.9. The van der Waals surface area contributed by atoms with E-state index in [1.807, 2.05) is 13.8 Å². The van der Waals surface area contributed by atoms with Crippen molar-refractivity contribution in [1.82, 2.24) is 16.0 Å². The van der Waals surface area contributed by atoms with Gasteiger partial charge in [0, 0.05) is 0 Å². The second-order valence-corrected chi connectivity index (χ2v) is 9.74. The number of ether oxygens (including phenoxy) is 1. The van der Waals surface area contributed by atoms with Gasteiger partial charge in [0.05, 0.1) is 0 Å². The maximum atomic E-state index is 12.9. The fraction of sp³-hybridized carbons (Fsp3) is 0.818. The molecule has 0 radical (unpaired) electrons. The molecule has 0 saturated heterocycles. The van der Waals surface area contributed by atoms with Crippen LogP contribution in [0.25, 0.3) is 0 Å². The van der Waals surface area contributed by atoms with E-state index in [9.17, 15) is 24.3 Å². The zero-order valence-corrected chi connectivity index (χ0v) is 20.5. The normalized spacial score (nSPS) is 14.4. The van der Waals surface area contributed by atoms with Crippen molar-refractivity contribution in [3.63, 3.8) is 0 Å². The largest absolute Gasteiger partial charge is 0.480 e. The van der Waals surface area contributed by atoms with E-state index in [2.05, 4.69) is 16.0 Å². The number of amides is 3. The molecule has 3 atom stereocenters. The van der Waals surface area contributed by atoms with Crippen LogP contribution >= 0.6 is 0 Å². The monoisotopic (exact) mass is 458 g/mol. The molecular formula is C22H42N4O6. The van der Waals surface area contributed by atoms with Crippen molar-refractivity contribution in [3.8, 4) is 0 Å². The number of aliphatic carboxylic acids is 1. The Morgan fingerprint density at radius 2 is 1.47 bits per heavy atom. The maximum absolute atomic E-state index is 12.9. The van der Waals surface area contributed by atoms with Gasteiger partial charge in [0.15, 0.2) is 0 Å². The van der Waals surface area contributed by atoms with Gasteiger partial charge in [-0.25, -0.2) is 9.59 Å². The third-order valence-corrected chi connectivity index (χ3v) is 4.52. The number of carbonyl (C=O) groups excluding carboxylic acids is 3. The van der Waals surface area contributed by atoms with Gasteiger partial charge in [-0.05, 0) is 64.8 Å². The summed E-state index contributed by atoms with van der Waals surface area (Å²) >= 11 is 0. The van der Waals surface area contributed by atoms with Crippen molar-refractivity contribution in [2.24, 2.45) is 17.6 Å². The molecule has 6 N–H and O–H groups in total. The summed E-state index contributed by atoms with van der Waals surface area (Å²) in [5, 5.41) is 17.2. The Labute approximate surface area is 191 Å². The standard InChI is InChI=1S/C22H42N4O6/c1-13(2)12-16(18(27)24-15(20(29)30)10-8-9-11-23)25-19(28)17(14(3)4)26-21(31)32-22(5,6)7/h13-17H,8-12,23H2,1-7H3,(H,24,27)(H,25,28)(H,26,31)(H,29,30). The Balaban J connectivity index is 5.34. The van der Waals surface area contributed by atoms with Crippen LogP contribution in [0.1, 0.15) is 74.1 Å². The minimum absolute atomic E-state index is 0.0582. The number of unbranched alkanes of at least 4 members (excludes halogenated alkanes) is 1. The highest BCUT2D eigenvalue weighted by Crippen LogP contribution is 2.11. The maximum Gasteiger partial charge on any atom is 0.408 e. The van der Waals surface area contributed by atoms with E-state index in [4.69, 9.17) is 10.5 Å². The molecule has 0 aliphatic carbocycles. The first-order valence-corrected chi connectivity index (χ1v) is 11.2. The first-order chi connectivity index (χ1) is 14.7. The third kappa shape index (κ3) is 12.5. The summed E-state index contributed by atoms with van der Waals surface area (Å²) in [4.78, 5) is 49.4. The van der Waals surface area contributed by atoms with E-state index in [-0.39, 0.29) is 18.3 Å². The predicted octanol–water partition coefficient (Wildman–Crippen LogP) is 1.77. The van der Waals surface area contributed by atoms with Crippen LogP contribution < -0.4 is 21.7 Å². The summed E-state index contributed by atoms with van der Waals surface area (Å²) in [6, 6.07) is -2.94. The number of nitrogens with one attached hydrogen (secondary N) is 3. The van der Waals surface area contributed by atoms with Crippen LogP contribution in [0, 0.1) is 11.8 Å². The molecule has 0 bridgehead atoms. The van der Waals surface area contributed by atoms with Crippen LogP contribution in [-0.4, -0.2) is 59.3 Å². The second-order valence-electron chi connectivity index (χ2n) is 9.74. The van der Waals surface area contributed by atoms with E-state index in [0.29, 0.717) is 25.8 Å². The van der Waals surface area contributed by atoms with Gasteiger partial charge in [-0.3, -0.25) is 9.59 Å². The molecule has 0 aromatic rings. The van der Waals surface area contributed by atoms with Crippen molar-refractivity contribution in [1.29, 1.82) is 0 Å². The molecule has 3 amide bonds. The number of carboxylic acids is 1. The Kier molecular flexibility index (Phi) is 12.9. The Bertz CT molecular complexity index is 630. The molecule has 0 aromatic carbocycles. The van der Waals surface area contributed by atoms with Gasteiger partial charge in [0.25, 0.3) is 0 Å². The molecule has 0 aromatic heterocycles. The highest BCUT2D eigenvalue weighted by Gasteiger charge is 2.32. The molecule has 0 aliphatic heterocycles. The van der Waals surface area contributed by atoms with Crippen LogP contribution in [0.15, 0.2) is 0 Å². The summed E-state index contributed by atoms with van der Waals surface area (Å²) in [5.41, 5.74) is 4.73. The third-order valence-electron chi connectivity index (χ3n) is 4.52. The van der Waals surface area contributed by atoms with E-state index in [0.717, 1.165) is 0 Å². The van der Waals surface area contributed by atoms with Crippen LogP contribution in [0.2, 0.25) is 0 Å². The van der Waals surface area contributed by atoms with Gasteiger partial charge in [-0.1, -0.05) is 27.7 Å². The van der Waals surface area contributed by atoms with Crippen molar-refractivity contribution < 1.29 is 29.0 Å². The van der Waals surface area contributed by atoms with Crippen LogP contribution in [0.4, 0.5) is 4.79 Å². The van der Waals surface area contributed by atoms with Crippen LogP contribution in [0.5, 0.6) is 0 Å². The van der Waals surface area contributed by atoms with Crippen molar-refractivity contribution in [2.45, 2.75) is 97.9 Å². The minimum atomic E-state index is -1.14. The van der Waals surface area contributed by atoms with Crippen LogP contribution in [0.3, 0.4) is 0 Å². The Hall–Kier alpha value is -2.36. The zero-order chi connectivity index (χ0) is 25.1. The molecule has 10 heteroatoms. The van der Waals surface area contributed by atoms with Crippen molar-refractivity contribution >= 4 is 23.9 Å². The van der Waals surface area contributed by atoms with Gasteiger partial charge in [-0.2, -0.15) is 0 Å². The fourth-order valence-electron chi connectivity index (χ4n) is 2.96. The number of hydrogen-bond acceptors (Lipinski definition) is 6. The minimum Gasteiger partial charge on any atom is -0.480 e. The molecule has 3 unspecified atom stereocenters. The van der Waals surface area contributed by atoms with Gasteiger partial charge in [-0.15, -0.1) is 0 Å². The Morgan fingerprint density at radius 1 is 0.906 bits per heavy atom. The summed E-state index contributed by atoms with van der Waals surface area (Å²) in [6.07, 6.45) is 1.03. The van der Waals surface area contributed by atoms with Gasteiger partial charge < -0.3 is 31.5 Å². The number of alkyl carbamates (subject to hydrolysis) is 1. The first-order valence-electron chi connectivity index (χ1n) is 11.2. The lowest BCUT2D eigenvalue weighted by molar-refractivity contribution is -0.142. The molecule has 186 valence electrons. The quantitative estimate of drug-likeness (QED) is 0.263. The summed E-state index contributed by atoms with van der Waals surface area (Å²) in [5.74, 6) is -2.47. The van der Waals surface area contributed by atoms with E-state index >= 15 is 0 Å². The SMILES string of the molecule is CC(C)CC(NC(=O)C(NC(=O)OC(C)(C)C)C(C)C)C(=O)NC(CCCCN)C(=O)O. The summed E-state index contributed by atoms with van der Waals surface area (Å²) in [6.45, 7) is 12.9. The van der Waals surface area contributed by atoms with Crippen LogP contribution in [-0.2, 0) is 19.1 Å². The van der Waals surface area contributed by atoms with E-state index in [1.165, 1.54) is 0 Å². The molecule has 0 rings (SSSR count). The molecule has 32 heavy (non-hydrogen) atoms.